The molecule has 0 amide bonds. The molecule has 1 aromatic heterocycles. The minimum absolute atomic E-state index is 0.174. The lowest BCUT2D eigenvalue weighted by Crippen LogP contribution is -2.13. The van der Waals surface area contributed by atoms with E-state index in [2.05, 4.69) is 14.4 Å². The summed E-state index contributed by atoms with van der Waals surface area (Å²) < 4.78 is 32.5. The highest BCUT2D eigenvalue weighted by Crippen LogP contribution is 2.26. The van der Waals surface area contributed by atoms with Crippen LogP contribution < -0.4 is 4.72 Å². The molecule has 148 valence electrons. The number of aryl methyl sites for hydroxylation is 3. The summed E-state index contributed by atoms with van der Waals surface area (Å²) in [6.45, 7) is 3.64. The van der Waals surface area contributed by atoms with E-state index in [1.165, 1.54) is 18.4 Å². The van der Waals surface area contributed by atoms with E-state index in [1.807, 2.05) is 13.0 Å². The van der Waals surface area contributed by atoms with Gasteiger partial charge in [0.05, 0.1) is 22.7 Å². The number of sulfonamides is 1. The second-order valence-corrected chi connectivity index (χ2v) is 9.28. The molecule has 0 bridgehead atoms. The third kappa shape index (κ3) is 6.62. The van der Waals surface area contributed by atoms with Crippen LogP contribution in [0, 0.1) is 13.8 Å². The van der Waals surface area contributed by atoms with Crippen LogP contribution in [-0.2, 0) is 26.0 Å². The standard InChI is InChI=1S/C19H26N2O4S2/c1-14-19(26-15(2)20-14)21-27(23,24)17-11-8-10-16(13-17)9-6-4-5-7-12-18(22)25-3/h8,10-11,13,21H,4-7,9,12H2,1-3H3. The van der Waals surface area contributed by atoms with Gasteiger partial charge in [-0.1, -0.05) is 25.0 Å². The Morgan fingerprint density at radius 1 is 1.19 bits per heavy atom. The fraction of sp³-hybridized carbons (Fsp3) is 0.474. The Morgan fingerprint density at radius 2 is 1.93 bits per heavy atom. The Balaban J connectivity index is 1.90. The summed E-state index contributed by atoms with van der Waals surface area (Å²) >= 11 is 1.33. The summed E-state index contributed by atoms with van der Waals surface area (Å²) in [5.74, 6) is -0.174. The molecule has 1 N–H and O–H groups in total. The fourth-order valence-corrected chi connectivity index (χ4v) is 4.97. The van der Waals surface area contributed by atoms with Gasteiger partial charge in [-0.15, -0.1) is 11.3 Å². The number of nitrogens with one attached hydrogen (secondary N) is 1. The summed E-state index contributed by atoms with van der Waals surface area (Å²) in [4.78, 5) is 15.6. The Kier molecular flexibility index (Phi) is 7.79. The lowest BCUT2D eigenvalue weighted by atomic mass is 10.1. The molecule has 0 atom stereocenters. The summed E-state index contributed by atoms with van der Waals surface area (Å²) in [5.41, 5.74) is 1.67. The van der Waals surface area contributed by atoms with E-state index in [0.717, 1.165) is 42.7 Å². The molecule has 2 rings (SSSR count). The maximum Gasteiger partial charge on any atom is 0.305 e. The van der Waals surface area contributed by atoms with Crippen molar-refractivity contribution in [3.05, 3.63) is 40.5 Å². The van der Waals surface area contributed by atoms with Gasteiger partial charge >= 0.3 is 5.97 Å². The molecule has 0 saturated heterocycles. The molecular formula is C19H26N2O4S2. The molecule has 0 fully saturated rings. The molecule has 0 aliphatic carbocycles. The number of hydrogen-bond acceptors (Lipinski definition) is 6. The van der Waals surface area contributed by atoms with Crippen molar-refractivity contribution in [3.63, 3.8) is 0 Å². The molecule has 2 aromatic rings. The largest absolute Gasteiger partial charge is 0.469 e. The van der Waals surface area contributed by atoms with Gasteiger partial charge in [0.1, 0.15) is 5.00 Å². The van der Waals surface area contributed by atoms with E-state index in [4.69, 9.17) is 0 Å². The van der Waals surface area contributed by atoms with Crippen LogP contribution >= 0.6 is 11.3 Å². The Morgan fingerprint density at radius 3 is 2.59 bits per heavy atom. The summed E-state index contributed by atoms with van der Waals surface area (Å²) in [6, 6.07) is 7.03. The molecule has 27 heavy (non-hydrogen) atoms. The second kappa shape index (κ2) is 9.85. The van der Waals surface area contributed by atoms with Gasteiger partial charge in [0, 0.05) is 6.42 Å². The number of methoxy groups -OCH3 is 1. The van der Waals surface area contributed by atoms with Crippen molar-refractivity contribution in [2.45, 2.75) is 57.3 Å². The molecule has 0 unspecified atom stereocenters. The highest BCUT2D eigenvalue weighted by molar-refractivity contribution is 7.93. The number of anilines is 1. The minimum atomic E-state index is -3.63. The van der Waals surface area contributed by atoms with Crippen molar-refractivity contribution < 1.29 is 17.9 Å². The Hall–Kier alpha value is -1.93. The summed E-state index contributed by atoms with van der Waals surface area (Å²) in [6.07, 6.45) is 4.97. The van der Waals surface area contributed by atoms with Crippen molar-refractivity contribution >= 4 is 32.3 Å². The zero-order chi connectivity index (χ0) is 19.9. The number of hydrogen-bond donors (Lipinski definition) is 1. The molecule has 0 saturated carbocycles. The van der Waals surface area contributed by atoms with Gasteiger partial charge in [0.15, 0.2) is 0 Å². The monoisotopic (exact) mass is 410 g/mol. The summed E-state index contributed by atoms with van der Waals surface area (Å²) in [7, 11) is -2.23. The number of unbranched alkanes of at least 4 members (excludes halogenated alkanes) is 3. The van der Waals surface area contributed by atoms with Crippen LogP contribution in [0.5, 0.6) is 0 Å². The zero-order valence-corrected chi connectivity index (χ0v) is 17.6. The first-order valence-corrected chi connectivity index (χ1v) is 11.2. The third-order valence-corrected chi connectivity index (χ3v) is 6.63. The molecule has 0 radical (unpaired) electrons. The predicted octanol–water partition coefficient (Wildman–Crippen LogP) is 4.23. The van der Waals surface area contributed by atoms with E-state index in [1.54, 1.807) is 25.1 Å². The number of carbonyl (C=O) groups is 1. The van der Waals surface area contributed by atoms with Crippen molar-refractivity contribution in [1.82, 2.24) is 4.98 Å². The molecule has 1 heterocycles. The maximum absolute atomic E-state index is 12.6. The van der Waals surface area contributed by atoms with Gasteiger partial charge in [0.25, 0.3) is 10.0 Å². The predicted molar refractivity (Wildman–Crippen MR) is 108 cm³/mol. The van der Waals surface area contributed by atoms with Crippen LogP contribution in [0.4, 0.5) is 5.00 Å². The van der Waals surface area contributed by atoms with Crippen LogP contribution in [0.3, 0.4) is 0 Å². The minimum Gasteiger partial charge on any atom is -0.469 e. The summed E-state index contributed by atoms with van der Waals surface area (Å²) in [5, 5.41) is 1.38. The van der Waals surface area contributed by atoms with Gasteiger partial charge in [-0.3, -0.25) is 9.52 Å². The fourth-order valence-electron chi connectivity index (χ4n) is 2.73. The number of esters is 1. The Bertz CT molecular complexity index is 876. The molecule has 1 aromatic carbocycles. The molecule has 0 aliphatic rings. The number of benzene rings is 1. The molecule has 0 aliphatic heterocycles. The first-order valence-electron chi connectivity index (χ1n) is 8.94. The lowest BCUT2D eigenvalue weighted by Gasteiger charge is -2.09. The van der Waals surface area contributed by atoms with Crippen LogP contribution in [0.25, 0.3) is 0 Å². The number of ether oxygens (including phenoxy) is 1. The van der Waals surface area contributed by atoms with Gasteiger partial charge < -0.3 is 4.74 Å². The average molecular weight is 411 g/mol. The highest BCUT2D eigenvalue weighted by atomic mass is 32.2. The topological polar surface area (TPSA) is 85.4 Å². The zero-order valence-electron chi connectivity index (χ0n) is 15.9. The highest BCUT2D eigenvalue weighted by Gasteiger charge is 2.17. The van der Waals surface area contributed by atoms with Crippen molar-refractivity contribution in [1.29, 1.82) is 0 Å². The van der Waals surface area contributed by atoms with E-state index in [0.29, 0.717) is 17.1 Å². The van der Waals surface area contributed by atoms with Gasteiger partial charge in [-0.2, -0.15) is 0 Å². The second-order valence-electron chi connectivity index (χ2n) is 6.39. The van der Waals surface area contributed by atoms with E-state index in [-0.39, 0.29) is 10.9 Å². The van der Waals surface area contributed by atoms with Crippen molar-refractivity contribution in [2.75, 3.05) is 11.8 Å². The normalized spacial score (nSPS) is 11.4. The maximum atomic E-state index is 12.6. The quantitative estimate of drug-likeness (QED) is 0.468. The van der Waals surface area contributed by atoms with Crippen LogP contribution in [-0.4, -0.2) is 26.5 Å². The number of thiazole rings is 1. The first-order chi connectivity index (χ1) is 12.8. The first kappa shape index (κ1) is 21.4. The van der Waals surface area contributed by atoms with Gasteiger partial charge in [0.2, 0.25) is 0 Å². The van der Waals surface area contributed by atoms with E-state index >= 15 is 0 Å². The SMILES string of the molecule is COC(=O)CCCCCCc1cccc(S(=O)(=O)Nc2sc(C)nc2C)c1. The van der Waals surface area contributed by atoms with E-state index in [9.17, 15) is 13.2 Å². The third-order valence-electron chi connectivity index (χ3n) is 4.16. The van der Waals surface area contributed by atoms with Gasteiger partial charge in [-0.25, -0.2) is 13.4 Å². The molecule has 0 spiro atoms. The van der Waals surface area contributed by atoms with Crippen molar-refractivity contribution in [3.8, 4) is 0 Å². The molecule has 6 nitrogen and oxygen atoms in total. The van der Waals surface area contributed by atoms with Crippen LogP contribution in [0.1, 0.15) is 48.4 Å². The number of aromatic nitrogens is 1. The molecular weight excluding hydrogens is 384 g/mol. The van der Waals surface area contributed by atoms with Gasteiger partial charge in [-0.05, 0) is 50.8 Å². The smallest absolute Gasteiger partial charge is 0.305 e. The Labute approximate surface area is 165 Å². The van der Waals surface area contributed by atoms with E-state index < -0.39 is 10.0 Å². The molecule has 8 heteroatoms. The van der Waals surface area contributed by atoms with Crippen LogP contribution in [0.15, 0.2) is 29.2 Å². The number of nitrogens with zero attached hydrogens (tertiary/aromatic N) is 1. The lowest BCUT2D eigenvalue weighted by molar-refractivity contribution is -0.140. The number of carbonyl (C=O) groups excluding carboxylic acids is 1. The van der Waals surface area contributed by atoms with Crippen molar-refractivity contribution in [2.24, 2.45) is 0 Å². The van der Waals surface area contributed by atoms with Crippen LogP contribution in [0.2, 0.25) is 0 Å². The average Bonchev–Trinajstić information content (AvgIpc) is 2.94. The number of rotatable bonds is 10.